The van der Waals surface area contributed by atoms with Crippen molar-refractivity contribution in [3.8, 4) is 0 Å². The number of hydrogen-bond acceptors (Lipinski definition) is 3. The number of urea groups is 1. The summed E-state index contributed by atoms with van der Waals surface area (Å²) in [7, 11) is 0. The van der Waals surface area contributed by atoms with E-state index in [9.17, 15) is 4.79 Å². The molecule has 5 heteroatoms. The standard InChI is InChI=1S/C8H17N3O2/c9-10-8(13)11(5-2-6-12)7-3-1-4-7/h7,12H,1-6,9H2,(H,10,13). The monoisotopic (exact) mass is 187 g/mol. The van der Waals surface area contributed by atoms with E-state index in [4.69, 9.17) is 10.9 Å². The van der Waals surface area contributed by atoms with Crippen LogP contribution >= 0.6 is 0 Å². The van der Waals surface area contributed by atoms with E-state index in [-0.39, 0.29) is 12.6 Å². The predicted molar refractivity (Wildman–Crippen MR) is 48.8 cm³/mol. The summed E-state index contributed by atoms with van der Waals surface area (Å²) in [5.41, 5.74) is 2.13. The first-order valence-electron chi connectivity index (χ1n) is 4.67. The van der Waals surface area contributed by atoms with Gasteiger partial charge in [0.2, 0.25) is 0 Å². The molecule has 5 nitrogen and oxygen atoms in total. The van der Waals surface area contributed by atoms with Gasteiger partial charge in [0.1, 0.15) is 0 Å². The van der Waals surface area contributed by atoms with Gasteiger partial charge in [-0.2, -0.15) is 0 Å². The predicted octanol–water partition coefficient (Wildman–Crippen LogP) is -0.193. The van der Waals surface area contributed by atoms with Gasteiger partial charge >= 0.3 is 6.03 Å². The lowest BCUT2D eigenvalue weighted by atomic mass is 9.91. The van der Waals surface area contributed by atoms with Crippen LogP contribution in [0, 0.1) is 0 Å². The Balaban J connectivity index is 2.37. The van der Waals surface area contributed by atoms with E-state index in [1.165, 1.54) is 6.42 Å². The summed E-state index contributed by atoms with van der Waals surface area (Å²) in [5.74, 6) is 5.06. The Morgan fingerprint density at radius 3 is 2.69 bits per heavy atom. The van der Waals surface area contributed by atoms with Crippen molar-refractivity contribution in [1.82, 2.24) is 10.3 Å². The molecule has 0 unspecified atom stereocenters. The van der Waals surface area contributed by atoms with E-state index in [1.54, 1.807) is 4.90 Å². The van der Waals surface area contributed by atoms with Gasteiger partial charge in [-0.1, -0.05) is 0 Å². The molecule has 1 saturated carbocycles. The Kier molecular flexibility index (Phi) is 3.98. The van der Waals surface area contributed by atoms with Gasteiger partial charge in [0.05, 0.1) is 0 Å². The summed E-state index contributed by atoms with van der Waals surface area (Å²) in [4.78, 5) is 13.0. The minimum absolute atomic E-state index is 0.112. The molecule has 0 aromatic carbocycles. The molecule has 0 aliphatic heterocycles. The minimum atomic E-state index is -0.238. The van der Waals surface area contributed by atoms with Crippen LogP contribution in [0.15, 0.2) is 0 Å². The number of amides is 2. The maximum absolute atomic E-state index is 11.3. The molecule has 0 saturated heterocycles. The summed E-state index contributed by atoms with van der Waals surface area (Å²) in [6.45, 7) is 0.700. The van der Waals surface area contributed by atoms with E-state index in [0.717, 1.165) is 12.8 Å². The molecule has 0 spiro atoms. The molecule has 76 valence electrons. The molecule has 1 aliphatic carbocycles. The normalized spacial score (nSPS) is 16.5. The lowest BCUT2D eigenvalue weighted by molar-refractivity contribution is 0.130. The van der Waals surface area contributed by atoms with Gasteiger partial charge in [0.15, 0.2) is 0 Å². The van der Waals surface area contributed by atoms with E-state index >= 15 is 0 Å². The van der Waals surface area contributed by atoms with Crippen LogP contribution in [-0.4, -0.2) is 35.2 Å². The number of nitrogens with one attached hydrogen (secondary N) is 1. The molecule has 4 N–H and O–H groups in total. The van der Waals surface area contributed by atoms with Gasteiger partial charge in [0.25, 0.3) is 0 Å². The highest BCUT2D eigenvalue weighted by Crippen LogP contribution is 2.24. The van der Waals surface area contributed by atoms with Crippen molar-refractivity contribution in [2.75, 3.05) is 13.2 Å². The van der Waals surface area contributed by atoms with Crippen LogP contribution < -0.4 is 11.3 Å². The molecule has 0 heterocycles. The average molecular weight is 187 g/mol. The average Bonchev–Trinajstić information content (AvgIpc) is 2.07. The molecule has 2 amide bonds. The third-order valence-corrected chi connectivity index (χ3v) is 2.46. The van der Waals surface area contributed by atoms with Gasteiger partial charge in [-0.15, -0.1) is 0 Å². The molecule has 0 bridgehead atoms. The van der Waals surface area contributed by atoms with Gasteiger partial charge in [-0.05, 0) is 25.7 Å². The summed E-state index contributed by atoms with van der Waals surface area (Å²) in [6, 6.07) is 0.0910. The number of nitrogens with two attached hydrogens (primary N) is 1. The fourth-order valence-corrected chi connectivity index (χ4v) is 1.47. The summed E-state index contributed by atoms with van der Waals surface area (Å²) in [5, 5.41) is 8.65. The Labute approximate surface area is 77.9 Å². The first-order chi connectivity index (χ1) is 6.29. The van der Waals surface area contributed by atoms with Crippen molar-refractivity contribution in [2.45, 2.75) is 31.7 Å². The van der Waals surface area contributed by atoms with Crippen LogP contribution in [-0.2, 0) is 0 Å². The van der Waals surface area contributed by atoms with Crippen molar-refractivity contribution in [3.05, 3.63) is 0 Å². The molecule has 1 aliphatic rings. The van der Waals surface area contributed by atoms with Crippen LogP contribution in [0.25, 0.3) is 0 Å². The zero-order valence-electron chi connectivity index (χ0n) is 7.70. The summed E-state index contributed by atoms with van der Waals surface area (Å²) < 4.78 is 0. The van der Waals surface area contributed by atoms with Crippen molar-refractivity contribution in [2.24, 2.45) is 5.84 Å². The fraction of sp³-hybridized carbons (Fsp3) is 0.875. The van der Waals surface area contributed by atoms with Crippen molar-refractivity contribution in [3.63, 3.8) is 0 Å². The third-order valence-electron chi connectivity index (χ3n) is 2.46. The van der Waals surface area contributed by atoms with Crippen LogP contribution in [0.3, 0.4) is 0 Å². The van der Waals surface area contributed by atoms with Crippen molar-refractivity contribution < 1.29 is 9.90 Å². The molecule has 0 aromatic heterocycles. The number of aliphatic hydroxyl groups is 1. The quantitative estimate of drug-likeness (QED) is 0.324. The van der Waals surface area contributed by atoms with E-state index in [0.29, 0.717) is 19.0 Å². The number of hydrazine groups is 1. The number of nitrogens with zero attached hydrogens (tertiary/aromatic N) is 1. The highest BCUT2D eigenvalue weighted by atomic mass is 16.3. The zero-order chi connectivity index (χ0) is 9.68. The van der Waals surface area contributed by atoms with Gasteiger partial charge in [-0.25, -0.2) is 10.6 Å². The lowest BCUT2D eigenvalue weighted by Crippen LogP contribution is -2.51. The van der Waals surface area contributed by atoms with Crippen LogP contribution in [0.4, 0.5) is 4.79 Å². The largest absolute Gasteiger partial charge is 0.396 e. The smallest absolute Gasteiger partial charge is 0.331 e. The number of carbonyl (C=O) groups excluding carboxylic acids is 1. The number of carbonyl (C=O) groups is 1. The zero-order valence-corrected chi connectivity index (χ0v) is 7.70. The van der Waals surface area contributed by atoms with Crippen LogP contribution in [0.1, 0.15) is 25.7 Å². The van der Waals surface area contributed by atoms with Gasteiger partial charge in [0, 0.05) is 19.2 Å². The molecule has 0 atom stereocenters. The van der Waals surface area contributed by atoms with Crippen LogP contribution in [0.5, 0.6) is 0 Å². The Morgan fingerprint density at radius 2 is 2.31 bits per heavy atom. The molecule has 13 heavy (non-hydrogen) atoms. The maximum atomic E-state index is 11.3. The van der Waals surface area contributed by atoms with E-state index < -0.39 is 0 Å². The fourth-order valence-electron chi connectivity index (χ4n) is 1.47. The second kappa shape index (κ2) is 5.04. The Bertz CT molecular complexity index is 171. The second-order valence-electron chi connectivity index (χ2n) is 3.30. The third kappa shape index (κ3) is 2.57. The summed E-state index contributed by atoms with van der Waals surface area (Å²) in [6.07, 6.45) is 3.90. The van der Waals surface area contributed by atoms with E-state index in [1.807, 2.05) is 0 Å². The molecule has 1 rings (SSSR count). The van der Waals surface area contributed by atoms with Crippen molar-refractivity contribution >= 4 is 6.03 Å². The maximum Gasteiger partial charge on any atom is 0.331 e. The highest BCUT2D eigenvalue weighted by molar-refractivity contribution is 5.73. The second-order valence-corrected chi connectivity index (χ2v) is 3.30. The molecule has 1 fully saturated rings. The lowest BCUT2D eigenvalue weighted by Gasteiger charge is -2.37. The van der Waals surface area contributed by atoms with Gasteiger partial charge in [-0.3, -0.25) is 5.43 Å². The molecule has 0 aromatic rings. The number of hydrogen-bond donors (Lipinski definition) is 3. The van der Waals surface area contributed by atoms with Gasteiger partial charge < -0.3 is 10.0 Å². The van der Waals surface area contributed by atoms with Crippen molar-refractivity contribution in [1.29, 1.82) is 0 Å². The first kappa shape index (κ1) is 10.3. The van der Waals surface area contributed by atoms with E-state index in [2.05, 4.69) is 5.43 Å². The Morgan fingerprint density at radius 1 is 1.62 bits per heavy atom. The number of rotatable bonds is 4. The van der Waals surface area contributed by atoms with Crippen LogP contribution in [0.2, 0.25) is 0 Å². The summed E-state index contributed by atoms with van der Waals surface area (Å²) >= 11 is 0. The topological polar surface area (TPSA) is 78.6 Å². The first-order valence-corrected chi connectivity index (χ1v) is 4.67. The molecular formula is C8H17N3O2. The Hall–Kier alpha value is -0.810. The minimum Gasteiger partial charge on any atom is -0.396 e. The highest BCUT2D eigenvalue weighted by Gasteiger charge is 2.27. The molecular weight excluding hydrogens is 170 g/mol. The number of aliphatic hydroxyl groups excluding tert-OH is 1. The molecule has 0 radical (unpaired) electrons. The SMILES string of the molecule is NNC(=O)N(CCCO)C1CCC1.